The normalized spacial score (nSPS) is 12.3. The van der Waals surface area contributed by atoms with Gasteiger partial charge in [0.25, 0.3) is 0 Å². The molecule has 0 fully saturated rings. The fourth-order valence-electron chi connectivity index (χ4n) is 3.40. The van der Waals surface area contributed by atoms with Gasteiger partial charge in [0.1, 0.15) is 0 Å². The number of ketones is 1. The lowest BCUT2D eigenvalue weighted by Crippen LogP contribution is -2.23. The van der Waals surface area contributed by atoms with E-state index in [-0.39, 0.29) is 18.3 Å². The van der Waals surface area contributed by atoms with Crippen LogP contribution in [0.15, 0.2) is 48.5 Å². The highest BCUT2D eigenvalue weighted by Crippen LogP contribution is 2.28. The van der Waals surface area contributed by atoms with Crippen molar-refractivity contribution in [1.82, 2.24) is 4.98 Å². The van der Waals surface area contributed by atoms with Gasteiger partial charge in [-0.15, -0.1) is 0 Å². The van der Waals surface area contributed by atoms with Crippen LogP contribution in [0.4, 0.5) is 0 Å². The van der Waals surface area contributed by atoms with Crippen LogP contribution < -0.4 is 0 Å². The number of hydrogen-bond acceptors (Lipinski definition) is 3. The number of esters is 1. The van der Waals surface area contributed by atoms with Gasteiger partial charge in [0.05, 0.1) is 5.92 Å². The molecule has 27 heavy (non-hydrogen) atoms. The first kappa shape index (κ1) is 19.2. The molecule has 0 spiro atoms. The van der Waals surface area contributed by atoms with Crippen LogP contribution in [0.2, 0.25) is 5.02 Å². The van der Waals surface area contributed by atoms with E-state index in [1.54, 1.807) is 12.1 Å². The Hall–Kier alpha value is -2.59. The van der Waals surface area contributed by atoms with Crippen LogP contribution in [0, 0.1) is 12.8 Å². The second-order valence-electron chi connectivity index (χ2n) is 6.97. The van der Waals surface area contributed by atoms with E-state index in [2.05, 4.69) is 4.98 Å². The number of hydrogen-bond donors (Lipinski definition) is 1. The number of aromatic nitrogens is 1. The molecule has 0 radical (unpaired) electrons. The van der Waals surface area contributed by atoms with Crippen LogP contribution in [0.5, 0.6) is 0 Å². The van der Waals surface area contributed by atoms with Crippen molar-refractivity contribution in [2.45, 2.75) is 26.7 Å². The summed E-state index contributed by atoms with van der Waals surface area (Å²) in [6.07, 6.45) is 0. The van der Waals surface area contributed by atoms with Crippen LogP contribution in [0.1, 0.15) is 41.4 Å². The number of aromatic amines is 1. The van der Waals surface area contributed by atoms with Gasteiger partial charge in [-0.2, -0.15) is 0 Å². The van der Waals surface area contributed by atoms with E-state index >= 15 is 0 Å². The molecule has 4 nitrogen and oxygen atoms in total. The number of carbonyl (C=O) groups excluding carboxylic acids is 2. The number of Topliss-reactive ketones (excluding diaryl/α,β-unsaturated/α-hetero) is 1. The zero-order valence-corrected chi connectivity index (χ0v) is 16.3. The molecular weight excluding hydrogens is 362 g/mol. The van der Waals surface area contributed by atoms with E-state index in [0.29, 0.717) is 10.6 Å². The van der Waals surface area contributed by atoms with Crippen LogP contribution in [-0.2, 0) is 9.53 Å². The number of benzene rings is 2. The third kappa shape index (κ3) is 4.06. The first-order valence-corrected chi connectivity index (χ1v) is 9.29. The zero-order chi connectivity index (χ0) is 19.6. The predicted octanol–water partition coefficient (Wildman–Crippen LogP) is 5.30. The van der Waals surface area contributed by atoms with Gasteiger partial charge in [-0.1, -0.05) is 55.8 Å². The van der Waals surface area contributed by atoms with Gasteiger partial charge < -0.3 is 9.72 Å². The van der Waals surface area contributed by atoms with Crippen molar-refractivity contribution < 1.29 is 14.3 Å². The molecule has 0 saturated heterocycles. The second kappa shape index (κ2) is 7.97. The number of ether oxygens (including phenoxy) is 1. The Morgan fingerprint density at radius 3 is 2.41 bits per heavy atom. The zero-order valence-electron chi connectivity index (χ0n) is 15.6. The molecule has 3 rings (SSSR count). The summed E-state index contributed by atoms with van der Waals surface area (Å²) in [5.41, 5.74) is 3.07. The van der Waals surface area contributed by atoms with E-state index in [1.807, 2.05) is 57.2 Å². The molecule has 1 aromatic heterocycles. The molecule has 0 bridgehead atoms. The quantitative estimate of drug-likeness (QED) is 0.464. The molecule has 2 aromatic carbocycles. The largest absolute Gasteiger partial charge is 0.457 e. The number of nitrogens with one attached hydrogen (secondary N) is 1. The van der Waals surface area contributed by atoms with E-state index in [1.165, 1.54) is 0 Å². The van der Waals surface area contributed by atoms with E-state index in [0.717, 1.165) is 22.2 Å². The first-order chi connectivity index (χ1) is 12.9. The summed E-state index contributed by atoms with van der Waals surface area (Å²) >= 11 is 5.93. The fraction of sp³-hybridized carbons (Fsp3) is 0.273. The summed E-state index contributed by atoms with van der Waals surface area (Å²) in [6.45, 7) is 5.47. The highest BCUT2D eigenvalue weighted by Gasteiger charge is 2.27. The number of fused-ring (bicyclic) bond motifs is 1. The lowest BCUT2D eigenvalue weighted by atomic mass is 9.88. The summed E-state index contributed by atoms with van der Waals surface area (Å²) in [7, 11) is 0. The van der Waals surface area contributed by atoms with Gasteiger partial charge in [-0.05, 0) is 36.6 Å². The number of carbonyl (C=O) groups is 2. The Morgan fingerprint density at radius 2 is 1.74 bits per heavy atom. The van der Waals surface area contributed by atoms with Gasteiger partial charge >= 0.3 is 5.97 Å². The summed E-state index contributed by atoms with van der Waals surface area (Å²) in [5, 5.41) is 1.45. The molecule has 1 atom stereocenters. The topological polar surface area (TPSA) is 59.2 Å². The Bertz CT molecular complexity index is 973. The van der Waals surface area contributed by atoms with E-state index in [4.69, 9.17) is 16.3 Å². The smallest absolute Gasteiger partial charge is 0.314 e. The number of H-pyrrole nitrogens is 1. The predicted molar refractivity (Wildman–Crippen MR) is 107 cm³/mol. The van der Waals surface area contributed by atoms with Crippen molar-refractivity contribution >= 4 is 34.3 Å². The van der Waals surface area contributed by atoms with Crippen molar-refractivity contribution in [3.05, 3.63) is 70.4 Å². The lowest BCUT2D eigenvalue weighted by Gasteiger charge is -2.19. The Kier molecular flexibility index (Phi) is 5.66. The molecule has 0 aliphatic heterocycles. The second-order valence-corrected chi connectivity index (χ2v) is 7.41. The van der Waals surface area contributed by atoms with Crippen LogP contribution in [0.25, 0.3) is 10.9 Å². The highest BCUT2D eigenvalue weighted by atomic mass is 35.5. The average Bonchev–Trinajstić information content (AvgIpc) is 2.97. The van der Waals surface area contributed by atoms with Crippen LogP contribution in [0.3, 0.4) is 0 Å². The van der Waals surface area contributed by atoms with Crippen molar-refractivity contribution in [2.75, 3.05) is 6.61 Å². The molecule has 0 saturated carbocycles. The maximum Gasteiger partial charge on any atom is 0.314 e. The Labute approximate surface area is 163 Å². The molecular formula is C22H22ClNO3. The monoisotopic (exact) mass is 383 g/mol. The van der Waals surface area contributed by atoms with Crippen molar-refractivity contribution in [3.63, 3.8) is 0 Å². The van der Waals surface area contributed by atoms with Crippen molar-refractivity contribution in [3.8, 4) is 0 Å². The number of aryl methyl sites for hydroxylation is 1. The lowest BCUT2D eigenvalue weighted by molar-refractivity contribution is -0.145. The Balaban J connectivity index is 1.76. The first-order valence-electron chi connectivity index (χ1n) is 8.91. The molecule has 1 heterocycles. The summed E-state index contributed by atoms with van der Waals surface area (Å²) in [4.78, 5) is 28.6. The molecule has 0 aliphatic carbocycles. The van der Waals surface area contributed by atoms with Crippen LogP contribution in [-0.4, -0.2) is 23.3 Å². The van der Waals surface area contributed by atoms with E-state index < -0.39 is 11.9 Å². The molecule has 1 N–H and O–H groups in total. The maximum atomic E-state index is 12.7. The van der Waals surface area contributed by atoms with Crippen LogP contribution >= 0.6 is 11.6 Å². The number of rotatable bonds is 6. The van der Waals surface area contributed by atoms with Crippen molar-refractivity contribution in [2.24, 2.45) is 5.92 Å². The van der Waals surface area contributed by atoms with E-state index in [9.17, 15) is 9.59 Å². The molecule has 0 amide bonds. The van der Waals surface area contributed by atoms with Gasteiger partial charge in [0.2, 0.25) is 5.78 Å². The molecule has 3 aromatic rings. The SMILES string of the molecule is Cc1[nH]c2ccccc2c1C(=O)COC(=O)[C@H](c1ccc(Cl)cc1)C(C)C. The minimum absolute atomic E-state index is 0.0311. The minimum atomic E-state index is -0.445. The molecule has 5 heteroatoms. The maximum absolute atomic E-state index is 12.7. The van der Waals surface area contributed by atoms with Gasteiger partial charge in [0, 0.05) is 27.2 Å². The molecule has 140 valence electrons. The fourth-order valence-corrected chi connectivity index (χ4v) is 3.52. The van der Waals surface area contributed by atoms with Gasteiger partial charge in [0.15, 0.2) is 6.61 Å². The van der Waals surface area contributed by atoms with Crippen molar-refractivity contribution in [1.29, 1.82) is 0 Å². The minimum Gasteiger partial charge on any atom is -0.457 e. The van der Waals surface area contributed by atoms with Gasteiger partial charge in [-0.25, -0.2) is 0 Å². The average molecular weight is 384 g/mol. The third-order valence-electron chi connectivity index (χ3n) is 4.67. The standard InChI is InChI=1S/C22H22ClNO3/c1-13(2)20(15-8-10-16(23)11-9-15)22(26)27-12-19(25)21-14(3)24-18-7-5-4-6-17(18)21/h4-11,13,20,24H,12H2,1-3H3/t20-/m0/s1. The molecule has 0 unspecified atom stereocenters. The molecule has 0 aliphatic rings. The highest BCUT2D eigenvalue weighted by molar-refractivity contribution is 6.30. The summed E-state index contributed by atoms with van der Waals surface area (Å²) in [5.74, 6) is -1.03. The summed E-state index contributed by atoms with van der Waals surface area (Å²) in [6, 6.07) is 14.7. The number of halogens is 1. The van der Waals surface area contributed by atoms with Gasteiger partial charge in [-0.3, -0.25) is 9.59 Å². The number of para-hydroxylation sites is 1. The third-order valence-corrected chi connectivity index (χ3v) is 4.92. The Morgan fingerprint density at radius 1 is 1.07 bits per heavy atom. The summed E-state index contributed by atoms with van der Waals surface area (Å²) < 4.78 is 5.40.